The number of ether oxygens (including phenoxy) is 2. The SMILES string of the molecule is CC(C)(C)OC(=O)CCCn1cnc2cc(-c3ccc(C[C@H](CC(=O)C4CCC(CNC(=O)OC(C)(C)C)CC4)C(=O)Nc4ccc(C5=NCN=N5)cc4)cc3)ccc21. The molecular weight excluding hydrogens is 747 g/mol. The number of esters is 1. The molecule has 13 heteroatoms. The number of anilines is 1. The van der Waals surface area contributed by atoms with Gasteiger partial charge in [-0.15, -0.1) is 5.11 Å². The molecule has 1 fully saturated rings. The first-order valence-electron chi connectivity index (χ1n) is 20.7. The van der Waals surface area contributed by atoms with Crippen molar-refractivity contribution in [1.82, 2.24) is 14.9 Å². The van der Waals surface area contributed by atoms with E-state index in [4.69, 9.17) is 9.47 Å². The molecule has 312 valence electrons. The lowest BCUT2D eigenvalue weighted by Crippen LogP contribution is -2.37. The number of amidine groups is 1. The molecule has 1 aromatic heterocycles. The highest BCUT2D eigenvalue weighted by atomic mass is 16.6. The number of imidazole rings is 1. The number of rotatable bonds is 15. The van der Waals surface area contributed by atoms with Gasteiger partial charge in [0.05, 0.1) is 17.4 Å². The van der Waals surface area contributed by atoms with Crippen LogP contribution in [0.3, 0.4) is 0 Å². The van der Waals surface area contributed by atoms with Crippen LogP contribution in [0.15, 0.2) is 88.3 Å². The molecule has 1 aliphatic carbocycles. The lowest BCUT2D eigenvalue weighted by atomic mass is 9.77. The van der Waals surface area contributed by atoms with Crippen LogP contribution in [-0.2, 0) is 36.8 Å². The van der Waals surface area contributed by atoms with E-state index in [9.17, 15) is 19.2 Å². The molecule has 2 amide bonds. The molecule has 0 radical (unpaired) electrons. The summed E-state index contributed by atoms with van der Waals surface area (Å²) in [5, 5.41) is 13.9. The number of ketones is 1. The molecule has 2 N–H and O–H groups in total. The monoisotopic (exact) mass is 803 g/mol. The number of aromatic nitrogens is 2. The number of carbonyl (C=O) groups is 4. The molecule has 3 aromatic carbocycles. The molecule has 1 atom stereocenters. The Labute approximate surface area is 346 Å². The van der Waals surface area contributed by atoms with Crippen LogP contribution in [0.1, 0.15) is 97.6 Å². The van der Waals surface area contributed by atoms with E-state index in [2.05, 4.69) is 47.5 Å². The molecule has 0 unspecified atom stereocenters. The Morgan fingerprint density at radius 2 is 1.51 bits per heavy atom. The molecule has 6 rings (SSSR count). The first kappa shape index (κ1) is 42.9. The van der Waals surface area contributed by atoms with Crippen LogP contribution in [0, 0.1) is 17.8 Å². The molecular formula is C46H57N7O6. The van der Waals surface area contributed by atoms with Gasteiger partial charge in [0.1, 0.15) is 17.0 Å². The van der Waals surface area contributed by atoms with E-state index < -0.39 is 23.2 Å². The topological polar surface area (TPSA) is 166 Å². The summed E-state index contributed by atoms with van der Waals surface area (Å²) in [6.45, 7) is 12.6. The molecule has 0 spiro atoms. The minimum absolute atomic E-state index is 0.0952. The summed E-state index contributed by atoms with van der Waals surface area (Å²) in [5.41, 5.74) is 5.21. The van der Waals surface area contributed by atoms with Gasteiger partial charge in [-0.1, -0.05) is 30.3 Å². The first-order valence-corrected chi connectivity index (χ1v) is 20.7. The van der Waals surface area contributed by atoms with Gasteiger partial charge >= 0.3 is 12.1 Å². The Balaban J connectivity index is 1.09. The van der Waals surface area contributed by atoms with Crippen molar-refractivity contribution in [3.63, 3.8) is 0 Å². The summed E-state index contributed by atoms with van der Waals surface area (Å²) in [4.78, 5) is 61.0. The smallest absolute Gasteiger partial charge is 0.407 e. The molecule has 2 aliphatic rings. The summed E-state index contributed by atoms with van der Waals surface area (Å²) in [5.74, 6) is -0.195. The maximum Gasteiger partial charge on any atom is 0.407 e. The summed E-state index contributed by atoms with van der Waals surface area (Å²) in [7, 11) is 0. The lowest BCUT2D eigenvalue weighted by Gasteiger charge is -2.29. The summed E-state index contributed by atoms with van der Waals surface area (Å²) < 4.78 is 12.9. The van der Waals surface area contributed by atoms with Crippen molar-refractivity contribution in [2.75, 3.05) is 18.5 Å². The van der Waals surface area contributed by atoms with Crippen LogP contribution >= 0.6 is 0 Å². The van der Waals surface area contributed by atoms with Crippen LogP contribution < -0.4 is 10.6 Å². The number of nitrogens with zero attached hydrogens (tertiary/aromatic N) is 5. The van der Waals surface area contributed by atoms with Gasteiger partial charge < -0.3 is 24.7 Å². The van der Waals surface area contributed by atoms with Crippen LogP contribution in [0.5, 0.6) is 0 Å². The minimum atomic E-state index is -0.580. The van der Waals surface area contributed by atoms with Gasteiger partial charge in [-0.2, -0.15) is 5.11 Å². The molecule has 1 aliphatic heterocycles. The van der Waals surface area contributed by atoms with E-state index in [1.54, 1.807) is 6.33 Å². The fraction of sp³-hybridized carbons (Fsp3) is 0.478. The second-order valence-electron chi connectivity index (χ2n) is 17.6. The second kappa shape index (κ2) is 18.9. The maximum atomic E-state index is 13.9. The number of aliphatic imine (C=N–C) groups is 1. The normalized spacial score (nSPS) is 17.3. The van der Waals surface area contributed by atoms with Gasteiger partial charge in [-0.25, -0.2) is 14.8 Å². The van der Waals surface area contributed by atoms with Crippen LogP contribution in [0.4, 0.5) is 10.5 Å². The number of fused-ring (bicyclic) bond motifs is 1. The fourth-order valence-electron chi connectivity index (χ4n) is 7.55. The molecule has 13 nitrogen and oxygen atoms in total. The highest BCUT2D eigenvalue weighted by Crippen LogP contribution is 2.32. The Morgan fingerprint density at radius 1 is 0.831 bits per heavy atom. The zero-order valence-corrected chi connectivity index (χ0v) is 35.1. The number of Topliss-reactive ketones (excluding diaryl/α,β-unsaturated/α-hetero) is 1. The fourth-order valence-corrected chi connectivity index (χ4v) is 7.55. The zero-order chi connectivity index (χ0) is 42.2. The maximum absolute atomic E-state index is 13.9. The highest BCUT2D eigenvalue weighted by Gasteiger charge is 2.31. The van der Waals surface area contributed by atoms with E-state index in [1.165, 1.54) is 0 Å². The number of azo groups is 1. The average molecular weight is 804 g/mol. The highest BCUT2D eigenvalue weighted by molar-refractivity contribution is 6.01. The number of aryl methyl sites for hydroxylation is 1. The molecule has 0 bridgehead atoms. The van der Waals surface area contributed by atoms with Crippen molar-refractivity contribution in [2.45, 2.75) is 111 Å². The van der Waals surface area contributed by atoms with Crippen molar-refractivity contribution in [3.8, 4) is 11.1 Å². The van der Waals surface area contributed by atoms with Crippen molar-refractivity contribution < 1.29 is 28.7 Å². The predicted molar refractivity (Wildman–Crippen MR) is 228 cm³/mol. The van der Waals surface area contributed by atoms with Gasteiger partial charge in [0, 0.05) is 49.0 Å². The average Bonchev–Trinajstić information content (AvgIpc) is 3.87. The second-order valence-corrected chi connectivity index (χ2v) is 17.6. The Hall–Kier alpha value is -5.72. The van der Waals surface area contributed by atoms with Crippen molar-refractivity contribution in [1.29, 1.82) is 0 Å². The number of carbonyl (C=O) groups excluding carboxylic acids is 4. The standard InChI is InChI=1S/C46H57N7O6/c1-45(2,3)58-41(55)8-7-23-53-29-49-38-25-35(19-22-39(38)53)32-13-9-30(10-14-32)24-36(43(56)51-37-20-17-34(18-21-37)42-48-28-50-52-42)26-40(54)33-15-11-31(12-16-33)27-47-44(57)59-46(4,5)6/h9-10,13-14,17-22,25,29,31,33,36H,7-8,11-12,15-16,23-24,26-28H2,1-6H3,(H,47,57)(H,51,56)/t31?,33?,36-/m1/s1. The minimum Gasteiger partial charge on any atom is -0.460 e. The van der Waals surface area contributed by atoms with E-state index in [-0.39, 0.29) is 35.9 Å². The van der Waals surface area contributed by atoms with E-state index in [1.807, 2.05) is 96.1 Å². The summed E-state index contributed by atoms with van der Waals surface area (Å²) in [6.07, 6.45) is 5.99. The summed E-state index contributed by atoms with van der Waals surface area (Å²) in [6, 6.07) is 21.6. The number of nitrogens with one attached hydrogen (secondary N) is 2. The van der Waals surface area contributed by atoms with Crippen LogP contribution in [-0.4, -0.2) is 63.6 Å². The molecule has 59 heavy (non-hydrogen) atoms. The molecule has 0 saturated heterocycles. The van der Waals surface area contributed by atoms with Gasteiger partial charge in [-0.3, -0.25) is 14.4 Å². The molecule has 4 aromatic rings. The van der Waals surface area contributed by atoms with Crippen LogP contribution in [0.25, 0.3) is 22.2 Å². The number of benzene rings is 3. The Kier molecular flexibility index (Phi) is 13.7. The van der Waals surface area contributed by atoms with Crippen LogP contribution in [0.2, 0.25) is 0 Å². The molecule has 2 heterocycles. The van der Waals surface area contributed by atoms with Gasteiger partial charge in [0.25, 0.3) is 0 Å². The van der Waals surface area contributed by atoms with Gasteiger partial charge in [0.15, 0.2) is 12.5 Å². The quantitative estimate of drug-likeness (QED) is 0.113. The predicted octanol–water partition coefficient (Wildman–Crippen LogP) is 9.08. The Bertz CT molecular complexity index is 2170. The zero-order valence-electron chi connectivity index (χ0n) is 35.1. The lowest BCUT2D eigenvalue weighted by molar-refractivity contribution is -0.155. The third kappa shape index (κ3) is 12.6. The van der Waals surface area contributed by atoms with Crippen molar-refractivity contribution >= 4 is 46.3 Å². The molecule has 1 saturated carbocycles. The summed E-state index contributed by atoms with van der Waals surface area (Å²) >= 11 is 0. The van der Waals surface area contributed by atoms with Gasteiger partial charge in [0.2, 0.25) is 5.91 Å². The van der Waals surface area contributed by atoms with Crippen molar-refractivity contribution in [3.05, 3.63) is 84.2 Å². The van der Waals surface area contributed by atoms with Crippen molar-refractivity contribution in [2.24, 2.45) is 33.0 Å². The number of amides is 2. The first-order chi connectivity index (χ1) is 28.1. The third-order valence-electron chi connectivity index (χ3n) is 10.5. The Morgan fingerprint density at radius 3 is 2.17 bits per heavy atom. The van der Waals surface area contributed by atoms with E-state index >= 15 is 0 Å². The third-order valence-corrected chi connectivity index (χ3v) is 10.5. The van der Waals surface area contributed by atoms with E-state index in [0.717, 1.165) is 59.0 Å². The number of hydrogen-bond donors (Lipinski definition) is 2. The largest absolute Gasteiger partial charge is 0.460 e. The number of hydrogen-bond acceptors (Lipinski definition) is 10. The van der Waals surface area contributed by atoms with E-state index in [0.29, 0.717) is 50.5 Å². The van der Waals surface area contributed by atoms with Gasteiger partial charge in [-0.05, 0) is 139 Å². The number of alkyl carbamates (subject to hydrolysis) is 1.